The Balaban J connectivity index is 2.69. The number of aromatic nitrogens is 3. The first-order valence-corrected chi connectivity index (χ1v) is 4.83. The van der Waals surface area contributed by atoms with Crippen molar-refractivity contribution in [1.29, 1.82) is 0 Å². The SMILES string of the molecule is C#CCn1ccn2nc(C)c(CCl)c12. The van der Waals surface area contributed by atoms with Gasteiger partial charge in [-0.2, -0.15) is 5.10 Å². The lowest BCUT2D eigenvalue weighted by molar-refractivity contribution is 0.865. The molecule has 0 fully saturated rings. The van der Waals surface area contributed by atoms with E-state index in [4.69, 9.17) is 18.0 Å². The molecule has 0 bridgehead atoms. The van der Waals surface area contributed by atoms with Crippen LogP contribution in [-0.4, -0.2) is 14.2 Å². The summed E-state index contributed by atoms with van der Waals surface area (Å²) in [6, 6.07) is 0. The number of imidazole rings is 1. The molecule has 0 unspecified atom stereocenters. The molecule has 14 heavy (non-hydrogen) atoms. The van der Waals surface area contributed by atoms with Crippen molar-refractivity contribution in [2.45, 2.75) is 19.3 Å². The Morgan fingerprint density at radius 3 is 3.00 bits per heavy atom. The summed E-state index contributed by atoms with van der Waals surface area (Å²) in [4.78, 5) is 0. The molecular formula is C10H10ClN3. The summed E-state index contributed by atoms with van der Waals surface area (Å²) in [6.07, 6.45) is 9.07. The number of terminal acetylenes is 1. The van der Waals surface area contributed by atoms with Crippen LogP contribution in [0.1, 0.15) is 11.3 Å². The maximum atomic E-state index is 5.86. The van der Waals surface area contributed by atoms with Gasteiger partial charge in [0.1, 0.15) is 5.65 Å². The highest BCUT2D eigenvalue weighted by molar-refractivity contribution is 6.17. The van der Waals surface area contributed by atoms with E-state index in [1.165, 1.54) is 0 Å². The van der Waals surface area contributed by atoms with Gasteiger partial charge in [-0.3, -0.25) is 0 Å². The average molecular weight is 208 g/mol. The number of halogens is 1. The molecule has 4 heteroatoms. The van der Waals surface area contributed by atoms with Crippen LogP contribution in [0.15, 0.2) is 12.4 Å². The van der Waals surface area contributed by atoms with Gasteiger partial charge in [0.05, 0.1) is 18.1 Å². The Labute approximate surface area is 87.3 Å². The van der Waals surface area contributed by atoms with E-state index in [2.05, 4.69) is 11.0 Å². The fourth-order valence-electron chi connectivity index (χ4n) is 1.57. The molecule has 3 nitrogen and oxygen atoms in total. The Kier molecular flexibility index (Phi) is 2.22. The molecule has 2 heterocycles. The summed E-state index contributed by atoms with van der Waals surface area (Å²) in [5.74, 6) is 3.06. The van der Waals surface area contributed by atoms with Gasteiger partial charge in [0.15, 0.2) is 0 Å². The normalized spacial score (nSPS) is 10.6. The van der Waals surface area contributed by atoms with E-state index in [0.29, 0.717) is 12.4 Å². The van der Waals surface area contributed by atoms with Crippen LogP contribution in [0.4, 0.5) is 0 Å². The van der Waals surface area contributed by atoms with Gasteiger partial charge in [0, 0.05) is 18.0 Å². The first kappa shape index (κ1) is 9.17. The second-order valence-electron chi connectivity index (χ2n) is 3.10. The summed E-state index contributed by atoms with van der Waals surface area (Å²) in [6.45, 7) is 2.50. The summed E-state index contributed by atoms with van der Waals surface area (Å²) in [5, 5.41) is 4.33. The van der Waals surface area contributed by atoms with Crippen molar-refractivity contribution in [2.75, 3.05) is 0 Å². The van der Waals surface area contributed by atoms with Crippen molar-refractivity contribution in [3.8, 4) is 12.3 Å². The van der Waals surface area contributed by atoms with Crippen molar-refractivity contribution >= 4 is 17.2 Å². The van der Waals surface area contributed by atoms with E-state index >= 15 is 0 Å². The van der Waals surface area contributed by atoms with Crippen LogP contribution in [0.25, 0.3) is 5.65 Å². The molecule has 0 aromatic carbocycles. The number of hydrogen-bond acceptors (Lipinski definition) is 1. The predicted octanol–water partition coefficient (Wildman–Crippen LogP) is 1.82. The van der Waals surface area contributed by atoms with E-state index < -0.39 is 0 Å². The third kappa shape index (κ3) is 1.19. The lowest BCUT2D eigenvalue weighted by atomic mass is 10.3. The summed E-state index contributed by atoms with van der Waals surface area (Å²) in [5.41, 5.74) is 3.00. The molecule has 72 valence electrons. The lowest BCUT2D eigenvalue weighted by Crippen LogP contribution is -1.95. The number of rotatable bonds is 2. The van der Waals surface area contributed by atoms with Gasteiger partial charge in [-0.1, -0.05) is 5.92 Å². The second kappa shape index (κ2) is 3.39. The highest BCUT2D eigenvalue weighted by Gasteiger charge is 2.11. The first-order valence-electron chi connectivity index (χ1n) is 4.30. The molecule has 0 aliphatic heterocycles. The van der Waals surface area contributed by atoms with E-state index in [0.717, 1.165) is 16.9 Å². The summed E-state index contributed by atoms with van der Waals surface area (Å²) >= 11 is 5.86. The average Bonchev–Trinajstić information content (AvgIpc) is 2.66. The van der Waals surface area contributed by atoms with Gasteiger partial charge < -0.3 is 4.57 Å². The number of alkyl halides is 1. The van der Waals surface area contributed by atoms with E-state index in [1.807, 2.05) is 28.4 Å². The zero-order valence-electron chi connectivity index (χ0n) is 7.87. The van der Waals surface area contributed by atoms with Crippen LogP contribution in [0.2, 0.25) is 0 Å². The van der Waals surface area contributed by atoms with Gasteiger partial charge >= 0.3 is 0 Å². The van der Waals surface area contributed by atoms with Crippen LogP contribution in [-0.2, 0) is 12.4 Å². The molecule has 2 rings (SSSR count). The van der Waals surface area contributed by atoms with Crippen molar-refractivity contribution in [2.24, 2.45) is 0 Å². The monoisotopic (exact) mass is 207 g/mol. The zero-order chi connectivity index (χ0) is 10.1. The molecule has 0 saturated heterocycles. The molecule has 0 N–H and O–H groups in total. The van der Waals surface area contributed by atoms with E-state index in [1.54, 1.807) is 0 Å². The highest BCUT2D eigenvalue weighted by Crippen LogP contribution is 2.17. The second-order valence-corrected chi connectivity index (χ2v) is 3.36. The molecule has 2 aromatic heterocycles. The molecule has 0 aliphatic rings. The predicted molar refractivity (Wildman–Crippen MR) is 56.3 cm³/mol. The van der Waals surface area contributed by atoms with Crippen LogP contribution in [0, 0.1) is 19.3 Å². The maximum Gasteiger partial charge on any atom is 0.141 e. The van der Waals surface area contributed by atoms with Gasteiger partial charge in [-0.15, -0.1) is 18.0 Å². The van der Waals surface area contributed by atoms with Crippen LogP contribution >= 0.6 is 11.6 Å². The van der Waals surface area contributed by atoms with Gasteiger partial charge in [0.2, 0.25) is 0 Å². The molecule has 0 spiro atoms. The van der Waals surface area contributed by atoms with Crippen LogP contribution in [0.3, 0.4) is 0 Å². The van der Waals surface area contributed by atoms with Crippen molar-refractivity contribution in [3.63, 3.8) is 0 Å². The number of aryl methyl sites for hydroxylation is 1. The minimum Gasteiger partial charge on any atom is -0.319 e. The Hall–Kier alpha value is -1.40. The maximum absolute atomic E-state index is 5.86. The molecule has 0 saturated carbocycles. The Morgan fingerprint density at radius 2 is 2.36 bits per heavy atom. The topological polar surface area (TPSA) is 22.2 Å². The largest absolute Gasteiger partial charge is 0.319 e. The highest BCUT2D eigenvalue weighted by atomic mass is 35.5. The third-order valence-electron chi connectivity index (χ3n) is 2.24. The summed E-state index contributed by atoms with van der Waals surface area (Å²) in [7, 11) is 0. The third-order valence-corrected chi connectivity index (χ3v) is 2.50. The lowest BCUT2D eigenvalue weighted by Gasteiger charge is -1.98. The van der Waals surface area contributed by atoms with Gasteiger partial charge in [0.25, 0.3) is 0 Å². The molecular weight excluding hydrogens is 198 g/mol. The van der Waals surface area contributed by atoms with Crippen molar-refractivity contribution in [1.82, 2.24) is 14.2 Å². The molecule has 0 aliphatic carbocycles. The molecule has 2 aromatic rings. The van der Waals surface area contributed by atoms with Crippen LogP contribution < -0.4 is 0 Å². The van der Waals surface area contributed by atoms with E-state index in [-0.39, 0.29) is 0 Å². The van der Waals surface area contributed by atoms with Crippen molar-refractivity contribution < 1.29 is 0 Å². The van der Waals surface area contributed by atoms with Gasteiger partial charge in [-0.05, 0) is 6.92 Å². The minimum absolute atomic E-state index is 0.462. The number of fused-ring (bicyclic) bond motifs is 1. The molecule has 0 atom stereocenters. The fraction of sp³-hybridized carbons (Fsp3) is 0.300. The Morgan fingerprint density at radius 1 is 1.57 bits per heavy atom. The van der Waals surface area contributed by atoms with E-state index in [9.17, 15) is 0 Å². The first-order chi connectivity index (χ1) is 6.77. The number of hydrogen-bond donors (Lipinski definition) is 0. The van der Waals surface area contributed by atoms with Crippen LogP contribution in [0.5, 0.6) is 0 Å². The zero-order valence-corrected chi connectivity index (χ0v) is 8.62. The quantitative estimate of drug-likeness (QED) is 0.544. The van der Waals surface area contributed by atoms with Crippen molar-refractivity contribution in [3.05, 3.63) is 23.7 Å². The molecule has 0 radical (unpaired) electrons. The number of nitrogens with zero attached hydrogens (tertiary/aromatic N) is 3. The smallest absolute Gasteiger partial charge is 0.141 e. The molecule has 0 amide bonds. The summed E-state index contributed by atoms with van der Waals surface area (Å²) < 4.78 is 3.78. The Bertz CT molecular complexity index is 501. The van der Waals surface area contributed by atoms with Gasteiger partial charge in [-0.25, -0.2) is 4.52 Å². The minimum atomic E-state index is 0.462. The fourth-order valence-corrected chi connectivity index (χ4v) is 1.89. The standard InChI is InChI=1S/C10H10ClN3/c1-3-4-13-5-6-14-10(13)9(7-11)8(2)12-14/h1,5-6H,4,7H2,2H3.